The smallest absolute Gasteiger partial charge is 0.104 e. The number of hydrogen-bond acceptors (Lipinski definition) is 3. The van der Waals surface area contributed by atoms with Gasteiger partial charge < -0.3 is 19.2 Å². The van der Waals surface area contributed by atoms with E-state index in [1.54, 1.807) is 0 Å². The van der Waals surface area contributed by atoms with Gasteiger partial charge in [0.15, 0.2) is 0 Å². The predicted octanol–water partition coefficient (Wildman–Crippen LogP) is 4.55. The quantitative estimate of drug-likeness (QED) is 0.658. The van der Waals surface area contributed by atoms with E-state index < -0.39 is 0 Å². The zero-order valence-corrected chi connectivity index (χ0v) is 18.0. The van der Waals surface area contributed by atoms with Gasteiger partial charge in [0.25, 0.3) is 0 Å². The number of aromatic nitrogens is 2. The molecule has 0 unspecified atom stereocenters. The topological polar surface area (TPSA) is 34.4 Å². The summed E-state index contributed by atoms with van der Waals surface area (Å²) in [6.45, 7) is 3.86. The highest BCUT2D eigenvalue weighted by molar-refractivity contribution is 6.31. The summed E-state index contributed by atoms with van der Waals surface area (Å²) in [5.41, 5.74) is 4.66. The molecule has 2 spiro atoms. The Kier molecular flexibility index (Phi) is 4.11. The molecular formula is C24H27ClN4O. The molecule has 3 aromatic rings. The minimum absolute atomic E-state index is 0.0527. The van der Waals surface area contributed by atoms with Crippen LogP contribution in [0.4, 0.5) is 5.69 Å². The first-order valence-corrected chi connectivity index (χ1v) is 11.2. The molecule has 3 aliphatic rings. The van der Waals surface area contributed by atoms with Crippen LogP contribution in [-0.2, 0) is 23.9 Å². The van der Waals surface area contributed by atoms with E-state index in [1.165, 1.54) is 11.4 Å². The highest BCUT2D eigenvalue weighted by atomic mass is 35.5. The zero-order valence-electron chi connectivity index (χ0n) is 17.3. The van der Waals surface area contributed by atoms with Crippen molar-refractivity contribution in [2.75, 3.05) is 25.0 Å². The van der Waals surface area contributed by atoms with Crippen LogP contribution in [0, 0.1) is 0 Å². The van der Waals surface area contributed by atoms with Crippen LogP contribution < -0.4 is 5.32 Å². The van der Waals surface area contributed by atoms with Crippen LogP contribution in [0.3, 0.4) is 0 Å². The van der Waals surface area contributed by atoms with Gasteiger partial charge in [0, 0.05) is 56.2 Å². The van der Waals surface area contributed by atoms with Gasteiger partial charge in [-0.05, 0) is 55.3 Å². The SMILES string of the molecule is Cn1cccc1CN1CCC2(CC1)C[C@@]1(CO2)Nc2cc(Cl)ccc2-n2cccc21. The molecule has 5 heterocycles. The van der Waals surface area contributed by atoms with E-state index in [2.05, 4.69) is 69.1 Å². The van der Waals surface area contributed by atoms with Crippen molar-refractivity contribution in [3.05, 3.63) is 71.3 Å². The van der Waals surface area contributed by atoms with Gasteiger partial charge in [0.1, 0.15) is 5.54 Å². The van der Waals surface area contributed by atoms with Crippen molar-refractivity contribution in [1.29, 1.82) is 0 Å². The number of nitrogens with zero attached hydrogens (tertiary/aromatic N) is 3. The second-order valence-electron chi connectivity index (χ2n) is 9.17. The molecule has 1 aromatic carbocycles. The Bertz CT molecular complexity index is 1090. The number of anilines is 1. The standard InChI is InChI=1S/C24H27ClN4O/c1-27-10-2-4-19(27)15-28-12-8-23(9-13-28)16-24(17-30-23)22-5-3-11-29(22)21-7-6-18(25)14-20(21)26-24/h2-7,10-11,14,26H,8-9,12-13,15-17H2,1H3/t24-/m0/s1. The lowest BCUT2D eigenvalue weighted by molar-refractivity contribution is -0.0454. The molecule has 1 atom stereocenters. The van der Waals surface area contributed by atoms with Gasteiger partial charge in [-0.2, -0.15) is 0 Å². The molecule has 0 bridgehead atoms. The fourth-order valence-corrected chi connectivity index (χ4v) is 5.80. The molecule has 6 rings (SSSR count). The number of fused-ring (bicyclic) bond motifs is 4. The third-order valence-corrected chi connectivity index (χ3v) is 7.52. The molecule has 0 saturated carbocycles. The minimum atomic E-state index is -0.193. The van der Waals surface area contributed by atoms with Crippen molar-refractivity contribution in [3.63, 3.8) is 0 Å². The third kappa shape index (κ3) is 2.83. The Balaban J connectivity index is 1.23. The Morgan fingerprint density at radius 2 is 1.93 bits per heavy atom. The van der Waals surface area contributed by atoms with E-state index in [9.17, 15) is 0 Å². The Labute approximate surface area is 182 Å². The lowest BCUT2D eigenvalue weighted by Crippen LogP contribution is -2.46. The molecule has 6 heteroatoms. The van der Waals surface area contributed by atoms with Crippen molar-refractivity contribution in [1.82, 2.24) is 14.0 Å². The average molecular weight is 423 g/mol. The molecule has 0 amide bonds. The zero-order chi connectivity index (χ0) is 20.3. The predicted molar refractivity (Wildman–Crippen MR) is 119 cm³/mol. The normalized spacial score (nSPS) is 24.7. The van der Waals surface area contributed by atoms with Crippen LogP contribution in [0.5, 0.6) is 0 Å². The summed E-state index contributed by atoms with van der Waals surface area (Å²) in [6, 6.07) is 14.8. The van der Waals surface area contributed by atoms with Crippen LogP contribution >= 0.6 is 11.6 Å². The molecular weight excluding hydrogens is 396 g/mol. The van der Waals surface area contributed by atoms with E-state index in [1.807, 2.05) is 12.1 Å². The number of piperidine rings is 1. The highest BCUT2D eigenvalue weighted by Crippen LogP contribution is 2.50. The van der Waals surface area contributed by atoms with E-state index in [0.717, 1.165) is 55.3 Å². The molecule has 2 fully saturated rings. The van der Waals surface area contributed by atoms with Crippen LogP contribution in [0.25, 0.3) is 5.69 Å². The molecule has 0 radical (unpaired) electrons. The van der Waals surface area contributed by atoms with Crippen LogP contribution in [-0.4, -0.2) is 39.3 Å². The van der Waals surface area contributed by atoms with Gasteiger partial charge >= 0.3 is 0 Å². The number of likely N-dealkylation sites (tertiary alicyclic amines) is 1. The molecule has 0 aliphatic carbocycles. The maximum Gasteiger partial charge on any atom is 0.104 e. The fraction of sp³-hybridized carbons (Fsp3) is 0.417. The number of rotatable bonds is 2. The maximum atomic E-state index is 6.61. The second kappa shape index (κ2) is 6.64. The highest BCUT2D eigenvalue weighted by Gasteiger charge is 2.53. The first-order chi connectivity index (χ1) is 14.6. The Morgan fingerprint density at radius 1 is 1.10 bits per heavy atom. The lowest BCUT2D eigenvalue weighted by atomic mass is 9.79. The summed E-state index contributed by atoms with van der Waals surface area (Å²) in [5, 5.41) is 4.59. The van der Waals surface area contributed by atoms with Crippen molar-refractivity contribution in [3.8, 4) is 5.69 Å². The second-order valence-corrected chi connectivity index (χ2v) is 9.60. The van der Waals surface area contributed by atoms with Gasteiger partial charge in [-0.1, -0.05) is 11.6 Å². The number of aryl methyl sites for hydroxylation is 1. The van der Waals surface area contributed by atoms with Crippen LogP contribution in [0.2, 0.25) is 5.02 Å². The van der Waals surface area contributed by atoms with Crippen molar-refractivity contribution in [2.45, 2.75) is 36.9 Å². The summed E-state index contributed by atoms with van der Waals surface area (Å²) in [5.74, 6) is 0. The van der Waals surface area contributed by atoms with Gasteiger partial charge in [0.05, 0.1) is 29.3 Å². The lowest BCUT2D eigenvalue weighted by Gasteiger charge is -2.41. The van der Waals surface area contributed by atoms with Gasteiger partial charge in [-0.25, -0.2) is 0 Å². The number of halogens is 1. The molecule has 2 saturated heterocycles. The van der Waals surface area contributed by atoms with Gasteiger partial charge in [-0.15, -0.1) is 0 Å². The molecule has 3 aliphatic heterocycles. The average Bonchev–Trinajstić information content (AvgIpc) is 3.45. The molecule has 2 aromatic heterocycles. The number of benzene rings is 1. The van der Waals surface area contributed by atoms with Crippen LogP contribution in [0.1, 0.15) is 30.7 Å². The monoisotopic (exact) mass is 422 g/mol. The summed E-state index contributed by atoms with van der Waals surface area (Å²) in [7, 11) is 2.12. The minimum Gasteiger partial charge on any atom is -0.372 e. The van der Waals surface area contributed by atoms with E-state index in [-0.39, 0.29) is 11.1 Å². The van der Waals surface area contributed by atoms with E-state index in [4.69, 9.17) is 16.3 Å². The molecule has 156 valence electrons. The first-order valence-electron chi connectivity index (χ1n) is 10.8. The summed E-state index contributed by atoms with van der Waals surface area (Å²) >= 11 is 6.31. The van der Waals surface area contributed by atoms with Crippen molar-refractivity contribution < 1.29 is 4.74 Å². The maximum absolute atomic E-state index is 6.61. The molecule has 5 nitrogen and oxygen atoms in total. The number of hydrogen-bond donors (Lipinski definition) is 1. The van der Waals surface area contributed by atoms with Crippen LogP contribution in [0.15, 0.2) is 54.9 Å². The summed E-state index contributed by atoms with van der Waals surface area (Å²) in [6.07, 6.45) is 7.42. The summed E-state index contributed by atoms with van der Waals surface area (Å²) in [4.78, 5) is 2.56. The Morgan fingerprint density at radius 3 is 2.73 bits per heavy atom. The largest absolute Gasteiger partial charge is 0.372 e. The van der Waals surface area contributed by atoms with Crippen molar-refractivity contribution in [2.24, 2.45) is 7.05 Å². The summed E-state index contributed by atoms with van der Waals surface area (Å²) < 4.78 is 11.1. The fourth-order valence-electron chi connectivity index (χ4n) is 5.62. The van der Waals surface area contributed by atoms with Gasteiger partial charge in [-0.3, -0.25) is 4.90 Å². The van der Waals surface area contributed by atoms with Gasteiger partial charge in [0.2, 0.25) is 0 Å². The molecule has 1 N–H and O–H groups in total. The molecule has 30 heavy (non-hydrogen) atoms. The first kappa shape index (κ1) is 18.6. The Hall–Kier alpha value is -2.21. The third-order valence-electron chi connectivity index (χ3n) is 7.28. The van der Waals surface area contributed by atoms with E-state index >= 15 is 0 Å². The van der Waals surface area contributed by atoms with E-state index in [0.29, 0.717) is 6.61 Å². The van der Waals surface area contributed by atoms with Crippen molar-refractivity contribution >= 4 is 17.3 Å². The number of ether oxygens (including phenoxy) is 1. The number of nitrogens with one attached hydrogen (secondary N) is 1.